The number of likely N-dealkylation sites (tertiary alicyclic amines) is 1. The van der Waals surface area contributed by atoms with Crippen molar-refractivity contribution in [3.8, 4) is 17.9 Å². The lowest BCUT2D eigenvalue weighted by molar-refractivity contribution is 0.305. The van der Waals surface area contributed by atoms with Crippen molar-refractivity contribution >= 4 is 6.08 Å². The van der Waals surface area contributed by atoms with Crippen LogP contribution in [0.1, 0.15) is 30.9 Å². The number of nitrogens with zero attached hydrogens (tertiary/aromatic N) is 3. The van der Waals surface area contributed by atoms with E-state index < -0.39 is 0 Å². The molecule has 108 valence electrons. The highest BCUT2D eigenvalue weighted by atomic mass is 16.5. The average molecular weight is 281 g/mol. The molecule has 4 nitrogen and oxygen atoms in total. The van der Waals surface area contributed by atoms with E-state index in [1.807, 2.05) is 37.3 Å². The van der Waals surface area contributed by atoms with Crippen molar-refractivity contribution < 1.29 is 4.74 Å². The van der Waals surface area contributed by atoms with Gasteiger partial charge in [-0.05, 0) is 56.6 Å². The lowest BCUT2D eigenvalue weighted by atomic mass is 10.1. The fraction of sp³-hybridized carbons (Fsp3) is 0.412. The van der Waals surface area contributed by atoms with Gasteiger partial charge in [-0.25, -0.2) is 0 Å². The highest BCUT2D eigenvalue weighted by Gasteiger charge is 2.14. The molecule has 2 rings (SSSR count). The van der Waals surface area contributed by atoms with E-state index >= 15 is 0 Å². The maximum Gasteiger partial charge on any atom is 0.130 e. The van der Waals surface area contributed by atoms with Crippen molar-refractivity contribution in [3.05, 3.63) is 34.9 Å². The predicted octanol–water partition coefficient (Wildman–Crippen LogP) is 3.11. The Morgan fingerprint density at radius 2 is 2.00 bits per heavy atom. The number of benzene rings is 1. The summed E-state index contributed by atoms with van der Waals surface area (Å²) in [6.45, 7) is 5.69. The van der Waals surface area contributed by atoms with Gasteiger partial charge in [-0.2, -0.15) is 10.5 Å². The predicted molar refractivity (Wildman–Crippen MR) is 81.3 cm³/mol. The number of hydrogen-bond acceptors (Lipinski definition) is 4. The Balaban J connectivity index is 2.27. The van der Waals surface area contributed by atoms with Crippen LogP contribution < -0.4 is 4.74 Å². The second kappa shape index (κ2) is 7.47. The smallest absolute Gasteiger partial charge is 0.130 e. The van der Waals surface area contributed by atoms with Crippen molar-refractivity contribution in [2.45, 2.75) is 26.3 Å². The van der Waals surface area contributed by atoms with Crippen LogP contribution in [-0.2, 0) is 6.54 Å². The normalized spacial score (nSPS) is 14.2. The first-order chi connectivity index (χ1) is 10.3. The Bertz CT molecular complexity index is 585. The van der Waals surface area contributed by atoms with Crippen LogP contribution in [0.4, 0.5) is 0 Å². The summed E-state index contributed by atoms with van der Waals surface area (Å²) in [5.74, 6) is 0.886. The Morgan fingerprint density at radius 1 is 1.29 bits per heavy atom. The minimum Gasteiger partial charge on any atom is -0.494 e. The Labute approximate surface area is 125 Å². The molecule has 1 aromatic rings. The molecule has 1 aromatic carbocycles. The van der Waals surface area contributed by atoms with E-state index in [1.54, 1.807) is 6.08 Å². The van der Waals surface area contributed by atoms with Gasteiger partial charge in [0.05, 0.1) is 6.61 Å². The summed E-state index contributed by atoms with van der Waals surface area (Å²) in [5.41, 5.74) is 2.10. The minimum atomic E-state index is 0.117. The van der Waals surface area contributed by atoms with Gasteiger partial charge in [0, 0.05) is 12.1 Å². The standard InChI is InChI=1S/C17H19N3O/c1-2-21-17-6-5-14(9-15(11-18)12-19)10-16(17)13-20-7-3-4-8-20/h5-6,9-10H,2-4,7-8,13H2,1H3. The molecule has 1 saturated heterocycles. The molecule has 1 heterocycles. The number of ether oxygens (including phenoxy) is 1. The molecule has 0 saturated carbocycles. The summed E-state index contributed by atoms with van der Waals surface area (Å²) in [6, 6.07) is 9.60. The quantitative estimate of drug-likeness (QED) is 0.778. The van der Waals surface area contributed by atoms with Crippen molar-refractivity contribution in [2.24, 2.45) is 0 Å². The Morgan fingerprint density at radius 3 is 2.62 bits per heavy atom. The summed E-state index contributed by atoms with van der Waals surface area (Å²) in [4.78, 5) is 2.40. The van der Waals surface area contributed by atoms with Crippen molar-refractivity contribution in [1.29, 1.82) is 10.5 Å². The zero-order chi connectivity index (χ0) is 15.1. The number of nitriles is 2. The molecule has 1 aliphatic heterocycles. The van der Waals surface area contributed by atoms with Gasteiger partial charge >= 0.3 is 0 Å². The molecule has 21 heavy (non-hydrogen) atoms. The Kier molecular flexibility index (Phi) is 5.37. The molecule has 1 fully saturated rings. The third-order valence-corrected chi connectivity index (χ3v) is 3.53. The maximum absolute atomic E-state index is 8.85. The monoisotopic (exact) mass is 281 g/mol. The van der Waals surface area contributed by atoms with Gasteiger partial charge in [0.2, 0.25) is 0 Å². The van der Waals surface area contributed by atoms with Crippen LogP contribution in [0.15, 0.2) is 23.8 Å². The molecule has 0 unspecified atom stereocenters. The van der Waals surface area contributed by atoms with Gasteiger partial charge in [0.25, 0.3) is 0 Å². The fourth-order valence-electron chi connectivity index (χ4n) is 2.55. The van der Waals surface area contributed by atoms with Crippen LogP contribution in [0, 0.1) is 22.7 Å². The molecule has 0 spiro atoms. The zero-order valence-corrected chi connectivity index (χ0v) is 12.3. The molecule has 0 atom stereocenters. The molecular weight excluding hydrogens is 262 g/mol. The molecule has 1 aliphatic rings. The molecular formula is C17H19N3O. The lowest BCUT2D eigenvalue weighted by Gasteiger charge is -2.18. The third kappa shape index (κ3) is 4.08. The summed E-state index contributed by atoms with van der Waals surface area (Å²) in [5, 5.41) is 17.7. The van der Waals surface area contributed by atoms with Crippen molar-refractivity contribution in [3.63, 3.8) is 0 Å². The van der Waals surface area contributed by atoms with Crippen LogP contribution in [-0.4, -0.2) is 24.6 Å². The van der Waals surface area contributed by atoms with Crippen LogP contribution in [0.2, 0.25) is 0 Å². The maximum atomic E-state index is 8.85. The number of rotatable bonds is 5. The van der Waals surface area contributed by atoms with Gasteiger partial charge in [-0.15, -0.1) is 0 Å². The van der Waals surface area contributed by atoms with Crippen LogP contribution in [0.5, 0.6) is 5.75 Å². The molecule has 0 aliphatic carbocycles. The van der Waals surface area contributed by atoms with Crippen LogP contribution in [0.25, 0.3) is 6.08 Å². The van der Waals surface area contributed by atoms with E-state index in [0.717, 1.165) is 36.5 Å². The van der Waals surface area contributed by atoms with E-state index in [0.29, 0.717) is 6.61 Å². The summed E-state index contributed by atoms with van der Waals surface area (Å²) in [6.07, 6.45) is 4.11. The average Bonchev–Trinajstić information content (AvgIpc) is 3.00. The van der Waals surface area contributed by atoms with E-state index in [9.17, 15) is 0 Å². The van der Waals surface area contributed by atoms with E-state index in [2.05, 4.69) is 4.90 Å². The van der Waals surface area contributed by atoms with Gasteiger partial charge in [0.1, 0.15) is 23.5 Å². The number of hydrogen-bond donors (Lipinski definition) is 0. The SMILES string of the molecule is CCOc1ccc(C=C(C#N)C#N)cc1CN1CCCC1. The highest BCUT2D eigenvalue weighted by molar-refractivity contribution is 5.63. The van der Waals surface area contributed by atoms with Gasteiger partial charge < -0.3 is 4.74 Å². The van der Waals surface area contributed by atoms with Crippen molar-refractivity contribution in [1.82, 2.24) is 4.90 Å². The first-order valence-corrected chi connectivity index (χ1v) is 7.26. The second-order valence-corrected chi connectivity index (χ2v) is 5.07. The zero-order valence-electron chi connectivity index (χ0n) is 12.3. The third-order valence-electron chi connectivity index (χ3n) is 3.53. The van der Waals surface area contributed by atoms with Gasteiger partial charge in [-0.1, -0.05) is 6.07 Å². The minimum absolute atomic E-state index is 0.117. The fourth-order valence-corrected chi connectivity index (χ4v) is 2.55. The molecule has 4 heteroatoms. The molecule has 0 amide bonds. The highest BCUT2D eigenvalue weighted by Crippen LogP contribution is 2.24. The first kappa shape index (κ1) is 15.1. The van der Waals surface area contributed by atoms with Crippen LogP contribution in [0.3, 0.4) is 0 Å². The number of allylic oxidation sites excluding steroid dienone is 1. The molecule has 0 bridgehead atoms. The van der Waals surface area contributed by atoms with E-state index in [4.69, 9.17) is 15.3 Å². The summed E-state index contributed by atoms with van der Waals surface area (Å²) < 4.78 is 5.68. The van der Waals surface area contributed by atoms with E-state index in [-0.39, 0.29) is 5.57 Å². The van der Waals surface area contributed by atoms with Crippen LogP contribution >= 0.6 is 0 Å². The largest absolute Gasteiger partial charge is 0.494 e. The topological polar surface area (TPSA) is 60.0 Å². The molecule has 0 N–H and O–H groups in total. The molecule has 0 radical (unpaired) electrons. The second-order valence-electron chi connectivity index (χ2n) is 5.07. The van der Waals surface area contributed by atoms with Crippen molar-refractivity contribution in [2.75, 3.05) is 19.7 Å². The summed E-state index contributed by atoms with van der Waals surface area (Å²) >= 11 is 0. The van der Waals surface area contributed by atoms with E-state index in [1.165, 1.54) is 12.8 Å². The first-order valence-electron chi connectivity index (χ1n) is 7.26. The van der Waals surface area contributed by atoms with Gasteiger partial charge in [0.15, 0.2) is 0 Å². The van der Waals surface area contributed by atoms with Gasteiger partial charge in [-0.3, -0.25) is 4.90 Å². The molecule has 0 aromatic heterocycles. The Hall–Kier alpha value is -2.30. The lowest BCUT2D eigenvalue weighted by Crippen LogP contribution is -2.19. The summed E-state index contributed by atoms with van der Waals surface area (Å²) in [7, 11) is 0.